The van der Waals surface area contributed by atoms with Gasteiger partial charge in [0.05, 0.1) is 5.60 Å². The molecule has 2 nitrogen and oxygen atoms in total. The van der Waals surface area contributed by atoms with Gasteiger partial charge in [0.2, 0.25) is 0 Å². The first-order valence-electron chi connectivity index (χ1n) is 5.11. The van der Waals surface area contributed by atoms with Crippen LogP contribution in [0.25, 0.3) is 0 Å². The Balaban J connectivity index is 2.15. The van der Waals surface area contributed by atoms with Crippen molar-refractivity contribution in [3.05, 3.63) is 0 Å². The second kappa shape index (κ2) is 2.74. The highest BCUT2D eigenvalue weighted by atomic mass is 16.5. The number of hydrogen-bond donors (Lipinski definition) is 1. The molecule has 2 heterocycles. The molecule has 2 aliphatic heterocycles. The zero-order valence-corrected chi connectivity index (χ0v) is 8.26. The average Bonchev–Trinajstić information content (AvgIpc) is 2.41. The molecule has 0 aromatic rings. The van der Waals surface area contributed by atoms with Crippen molar-refractivity contribution >= 4 is 7.85 Å². The molecule has 0 aromatic carbocycles. The normalized spacial score (nSPS) is 51.7. The van der Waals surface area contributed by atoms with Crippen molar-refractivity contribution in [1.82, 2.24) is 5.32 Å². The Morgan fingerprint density at radius 2 is 2.42 bits per heavy atom. The van der Waals surface area contributed by atoms with Crippen molar-refractivity contribution in [3.8, 4) is 0 Å². The Morgan fingerprint density at radius 1 is 1.67 bits per heavy atom. The zero-order valence-electron chi connectivity index (χ0n) is 8.26. The fourth-order valence-electron chi connectivity index (χ4n) is 2.92. The van der Waals surface area contributed by atoms with Gasteiger partial charge in [-0.15, -0.1) is 0 Å². The summed E-state index contributed by atoms with van der Waals surface area (Å²) in [4.78, 5) is 0. The molecule has 2 aliphatic rings. The van der Waals surface area contributed by atoms with Gasteiger partial charge in [-0.2, -0.15) is 0 Å². The lowest BCUT2D eigenvalue weighted by Crippen LogP contribution is -2.44. The van der Waals surface area contributed by atoms with Gasteiger partial charge in [0.1, 0.15) is 7.85 Å². The number of hydrogen-bond acceptors (Lipinski definition) is 2. The highest BCUT2D eigenvalue weighted by molar-refractivity contribution is 6.11. The van der Waals surface area contributed by atoms with E-state index in [9.17, 15) is 0 Å². The van der Waals surface area contributed by atoms with Gasteiger partial charge in [0.15, 0.2) is 0 Å². The van der Waals surface area contributed by atoms with Crippen LogP contribution in [0.5, 0.6) is 0 Å². The van der Waals surface area contributed by atoms with Crippen LogP contribution in [0, 0.1) is 5.92 Å². The standard InChI is InChI=1S/C9H18BNO/c1-3-4-9-5-11-7(6(9)2)8(10)12-9/h6-8,11H,3-5,10H2,1-2H3/t6?,7?,8?,9-/m0/s1. The Hall–Kier alpha value is -0.0151. The van der Waals surface area contributed by atoms with Crippen LogP contribution in [-0.4, -0.2) is 32.0 Å². The highest BCUT2D eigenvalue weighted by Gasteiger charge is 2.54. The van der Waals surface area contributed by atoms with E-state index in [1.165, 1.54) is 12.8 Å². The van der Waals surface area contributed by atoms with Gasteiger partial charge in [-0.3, -0.25) is 0 Å². The molecule has 0 saturated carbocycles. The molecule has 0 aromatic heterocycles. The smallest absolute Gasteiger partial charge is 0.141 e. The third-order valence-corrected chi connectivity index (χ3v) is 3.61. The van der Waals surface area contributed by atoms with E-state index in [0.29, 0.717) is 18.0 Å². The number of ether oxygens (including phenoxy) is 1. The predicted octanol–water partition coefficient (Wildman–Crippen LogP) is 0.123. The quantitative estimate of drug-likeness (QED) is 0.590. The lowest BCUT2D eigenvalue weighted by atomic mass is 9.83. The van der Waals surface area contributed by atoms with Crippen LogP contribution >= 0.6 is 0 Å². The topological polar surface area (TPSA) is 21.3 Å². The first kappa shape index (κ1) is 8.58. The van der Waals surface area contributed by atoms with Crippen molar-refractivity contribution in [1.29, 1.82) is 0 Å². The molecule has 1 N–H and O–H groups in total. The minimum absolute atomic E-state index is 0.179. The molecule has 2 fully saturated rings. The molecule has 0 aliphatic carbocycles. The number of fused-ring (bicyclic) bond motifs is 2. The van der Waals surface area contributed by atoms with E-state index in [1.807, 2.05) is 0 Å². The molecule has 12 heavy (non-hydrogen) atoms. The molecule has 3 heteroatoms. The Labute approximate surface area is 75.5 Å². The van der Waals surface area contributed by atoms with E-state index in [1.54, 1.807) is 0 Å². The number of morpholine rings is 1. The highest BCUT2D eigenvalue weighted by Crippen LogP contribution is 2.42. The van der Waals surface area contributed by atoms with Crippen LogP contribution < -0.4 is 5.32 Å². The van der Waals surface area contributed by atoms with Crippen molar-refractivity contribution in [2.75, 3.05) is 6.54 Å². The molecule has 2 bridgehead atoms. The van der Waals surface area contributed by atoms with Gasteiger partial charge >= 0.3 is 0 Å². The molecule has 3 unspecified atom stereocenters. The molecule has 0 amide bonds. The van der Waals surface area contributed by atoms with Crippen molar-refractivity contribution in [3.63, 3.8) is 0 Å². The van der Waals surface area contributed by atoms with Gasteiger partial charge in [-0.1, -0.05) is 20.3 Å². The molecular weight excluding hydrogens is 149 g/mol. The summed E-state index contributed by atoms with van der Waals surface area (Å²) in [6.07, 6.45) is 2.44. The van der Waals surface area contributed by atoms with E-state index in [4.69, 9.17) is 4.74 Å². The summed E-state index contributed by atoms with van der Waals surface area (Å²) in [6.45, 7) is 5.63. The predicted molar refractivity (Wildman–Crippen MR) is 52.0 cm³/mol. The maximum atomic E-state index is 6.04. The SMILES string of the molecule is BC1O[C@@]2(CCC)CNC1C2C. The van der Waals surface area contributed by atoms with E-state index >= 15 is 0 Å². The van der Waals surface area contributed by atoms with E-state index in [-0.39, 0.29) is 5.60 Å². The van der Waals surface area contributed by atoms with Gasteiger partial charge < -0.3 is 10.1 Å². The van der Waals surface area contributed by atoms with Gasteiger partial charge in [-0.05, 0) is 6.42 Å². The minimum atomic E-state index is 0.179. The molecule has 2 saturated heterocycles. The number of rotatable bonds is 2. The van der Waals surface area contributed by atoms with Crippen LogP contribution in [0.3, 0.4) is 0 Å². The fourth-order valence-corrected chi connectivity index (χ4v) is 2.92. The molecule has 0 spiro atoms. The van der Waals surface area contributed by atoms with E-state index in [2.05, 4.69) is 27.0 Å². The van der Waals surface area contributed by atoms with Gasteiger partial charge in [0, 0.05) is 24.5 Å². The van der Waals surface area contributed by atoms with Crippen LogP contribution in [0.1, 0.15) is 26.7 Å². The summed E-state index contributed by atoms with van der Waals surface area (Å²) >= 11 is 0. The third kappa shape index (κ3) is 0.959. The largest absolute Gasteiger partial charge is 0.378 e. The summed E-state index contributed by atoms with van der Waals surface area (Å²) in [5.41, 5.74) is 0.179. The average molecular weight is 167 g/mol. The molecule has 4 atom stereocenters. The number of nitrogens with one attached hydrogen (secondary N) is 1. The third-order valence-electron chi connectivity index (χ3n) is 3.61. The van der Waals surface area contributed by atoms with Crippen molar-refractivity contribution < 1.29 is 4.74 Å². The Morgan fingerprint density at radius 3 is 2.83 bits per heavy atom. The monoisotopic (exact) mass is 167 g/mol. The van der Waals surface area contributed by atoms with Crippen molar-refractivity contribution in [2.24, 2.45) is 5.92 Å². The molecular formula is C9H18BNO. The van der Waals surface area contributed by atoms with Crippen LogP contribution in [0.2, 0.25) is 0 Å². The minimum Gasteiger partial charge on any atom is -0.378 e. The summed E-state index contributed by atoms with van der Waals surface area (Å²) < 4.78 is 6.04. The Bertz CT molecular complexity index is 187. The maximum Gasteiger partial charge on any atom is 0.141 e. The van der Waals surface area contributed by atoms with Gasteiger partial charge in [0.25, 0.3) is 0 Å². The van der Waals surface area contributed by atoms with Crippen LogP contribution in [0.4, 0.5) is 0 Å². The summed E-state index contributed by atoms with van der Waals surface area (Å²) in [7, 11) is 2.19. The molecule has 0 radical (unpaired) electrons. The van der Waals surface area contributed by atoms with Gasteiger partial charge in [-0.25, -0.2) is 0 Å². The summed E-state index contributed by atoms with van der Waals surface area (Å²) in [5.74, 6) is 0.701. The van der Waals surface area contributed by atoms with Crippen LogP contribution in [0.15, 0.2) is 0 Å². The maximum absolute atomic E-state index is 6.04. The Kier molecular flexibility index (Phi) is 1.96. The van der Waals surface area contributed by atoms with E-state index < -0.39 is 0 Å². The zero-order chi connectivity index (χ0) is 8.77. The summed E-state index contributed by atoms with van der Waals surface area (Å²) in [6, 6.07) is 1.02. The second-order valence-electron chi connectivity index (χ2n) is 4.33. The molecule has 2 rings (SSSR count). The molecule has 68 valence electrons. The lowest BCUT2D eigenvalue weighted by Gasteiger charge is -2.31. The first-order chi connectivity index (χ1) is 5.69. The van der Waals surface area contributed by atoms with Crippen LogP contribution in [-0.2, 0) is 4.74 Å². The van der Waals surface area contributed by atoms with Crippen molar-refractivity contribution in [2.45, 2.75) is 44.3 Å². The fraction of sp³-hybridized carbons (Fsp3) is 1.00. The second-order valence-corrected chi connectivity index (χ2v) is 4.33. The lowest BCUT2D eigenvalue weighted by molar-refractivity contribution is -0.0425. The first-order valence-corrected chi connectivity index (χ1v) is 5.11. The van der Waals surface area contributed by atoms with E-state index in [0.717, 1.165) is 6.54 Å². The summed E-state index contributed by atoms with van der Waals surface area (Å²) in [5, 5.41) is 3.56.